The largest absolute Gasteiger partial charge is 0.251 e. The van der Waals surface area contributed by atoms with Crippen LogP contribution in [0.5, 0.6) is 0 Å². The summed E-state index contributed by atoms with van der Waals surface area (Å²) >= 11 is 0. The molecule has 0 unspecified atom stereocenters. The third kappa shape index (κ3) is 2.21. The van der Waals surface area contributed by atoms with Crippen LogP contribution in [-0.2, 0) is 10.0 Å². The van der Waals surface area contributed by atoms with Crippen LogP contribution < -0.4 is 4.72 Å². The molecule has 0 aliphatic heterocycles. The monoisotopic (exact) mass is 187 g/mol. The van der Waals surface area contributed by atoms with Crippen molar-refractivity contribution in [3.8, 4) is 6.07 Å². The fourth-order valence-electron chi connectivity index (χ4n) is 0.523. The van der Waals surface area contributed by atoms with Gasteiger partial charge in [0.1, 0.15) is 6.33 Å². The van der Waals surface area contributed by atoms with E-state index in [-0.39, 0.29) is 5.95 Å². The van der Waals surface area contributed by atoms with Crippen LogP contribution in [0, 0.1) is 11.3 Å². The van der Waals surface area contributed by atoms with Crippen molar-refractivity contribution < 1.29 is 8.42 Å². The third-order valence-electron chi connectivity index (χ3n) is 0.922. The molecule has 0 aromatic carbocycles. The van der Waals surface area contributed by atoms with Gasteiger partial charge in [0.25, 0.3) is 0 Å². The average molecular weight is 187 g/mol. The van der Waals surface area contributed by atoms with Crippen molar-refractivity contribution >= 4 is 16.0 Å². The Morgan fingerprint density at radius 3 is 3.00 bits per heavy atom. The number of H-pyrrole nitrogens is 1. The number of nitriles is 1. The molecule has 64 valence electrons. The van der Waals surface area contributed by atoms with Crippen molar-refractivity contribution in [1.82, 2.24) is 15.2 Å². The van der Waals surface area contributed by atoms with Gasteiger partial charge in [0.05, 0.1) is 6.07 Å². The quantitative estimate of drug-likeness (QED) is 0.634. The van der Waals surface area contributed by atoms with Crippen molar-refractivity contribution in [2.75, 3.05) is 10.5 Å². The molecule has 12 heavy (non-hydrogen) atoms. The topological polar surface area (TPSA) is 112 Å². The van der Waals surface area contributed by atoms with E-state index in [0.29, 0.717) is 0 Å². The van der Waals surface area contributed by atoms with Crippen LogP contribution in [-0.4, -0.2) is 29.4 Å². The first-order valence-corrected chi connectivity index (χ1v) is 4.52. The predicted octanol–water partition coefficient (Wildman–Crippen LogP) is -0.930. The molecule has 0 spiro atoms. The molecule has 0 saturated carbocycles. The first-order chi connectivity index (χ1) is 5.64. The van der Waals surface area contributed by atoms with E-state index in [4.69, 9.17) is 5.26 Å². The van der Waals surface area contributed by atoms with Gasteiger partial charge in [0.2, 0.25) is 16.0 Å². The summed E-state index contributed by atoms with van der Waals surface area (Å²) in [6, 6.07) is 1.51. The molecule has 1 rings (SSSR count). The van der Waals surface area contributed by atoms with Gasteiger partial charge in [-0.15, -0.1) is 0 Å². The van der Waals surface area contributed by atoms with Gasteiger partial charge >= 0.3 is 0 Å². The minimum Gasteiger partial charge on any atom is -0.251 e. The van der Waals surface area contributed by atoms with Crippen LogP contribution in [0.4, 0.5) is 5.95 Å². The smallest absolute Gasteiger partial charge is 0.248 e. The molecule has 0 amide bonds. The minimum absolute atomic E-state index is 0.00486. The highest BCUT2D eigenvalue weighted by Gasteiger charge is 2.10. The van der Waals surface area contributed by atoms with Crippen molar-refractivity contribution in [2.24, 2.45) is 0 Å². The highest BCUT2D eigenvalue weighted by Crippen LogP contribution is 1.97. The van der Waals surface area contributed by atoms with Gasteiger partial charge < -0.3 is 0 Å². The minimum atomic E-state index is -3.60. The Morgan fingerprint density at radius 2 is 2.50 bits per heavy atom. The SMILES string of the molecule is N#CCS(=O)(=O)Nc1ncn[nH]1. The summed E-state index contributed by atoms with van der Waals surface area (Å²) in [6.07, 6.45) is 1.16. The number of sulfonamides is 1. The van der Waals surface area contributed by atoms with Gasteiger partial charge in [0, 0.05) is 0 Å². The number of aromatic nitrogens is 3. The molecule has 1 aromatic heterocycles. The van der Waals surface area contributed by atoms with Crippen molar-refractivity contribution in [1.29, 1.82) is 5.26 Å². The van der Waals surface area contributed by atoms with Crippen LogP contribution >= 0.6 is 0 Å². The summed E-state index contributed by atoms with van der Waals surface area (Å²) in [6.45, 7) is 0. The zero-order valence-corrected chi connectivity index (χ0v) is 6.67. The first kappa shape index (κ1) is 8.48. The van der Waals surface area contributed by atoms with E-state index in [0.717, 1.165) is 6.33 Å². The van der Waals surface area contributed by atoms with E-state index in [1.165, 1.54) is 6.07 Å². The number of aromatic amines is 1. The molecule has 0 fully saturated rings. The van der Waals surface area contributed by atoms with E-state index < -0.39 is 15.8 Å². The molecule has 1 heterocycles. The maximum Gasteiger partial charge on any atom is 0.248 e. The summed E-state index contributed by atoms with van der Waals surface area (Å²) in [5.41, 5.74) is 0. The van der Waals surface area contributed by atoms with Gasteiger partial charge in [-0.05, 0) is 0 Å². The van der Waals surface area contributed by atoms with E-state index in [1.54, 1.807) is 0 Å². The fraction of sp³-hybridized carbons (Fsp3) is 0.250. The van der Waals surface area contributed by atoms with Crippen LogP contribution in [0.2, 0.25) is 0 Å². The predicted molar refractivity (Wildman–Crippen MR) is 39.4 cm³/mol. The molecule has 2 N–H and O–H groups in total. The van der Waals surface area contributed by atoms with E-state index in [1.807, 2.05) is 4.72 Å². The number of hydrogen-bond donors (Lipinski definition) is 2. The molecular weight excluding hydrogens is 182 g/mol. The summed E-state index contributed by atoms with van der Waals surface area (Å²) in [4.78, 5) is 3.52. The zero-order valence-electron chi connectivity index (χ0n) is 5.85. The van der Waals surface area contributed by atoms with Crippen LogP contribution in [0.15, 0.2) is 6.33 Å². The first-order valence-electron chi connectivity index (χ1n) is 2.87. The van der Waals surface area contributed by atoms with Gasteiger partial charge in [-0.3, -0.25) is 4.72 Å². The fourth-order valence-corrected chi connectivity index (χ4v) is 1.16. The Balaban J connectivity index is 2.71. The lowest BCUT2D eigenvalue weighted by molar-refractivity contribution is 0.604. The lowest BCUT2D eigenvalue weighted by atomic mass is 10.9. The van der Waals surface area contributed by atoms with Gasteiger partial charge in [-0.25, -0.2) is 13.5 Å². The summed E-state index contributed by atoms with van der Waals surface area (Å²) < 4.78 is 23.8. The van der Waals surface area contributed by atoms with E-state index >= 15 is 0 Å². The molecule has 0 saturated heterocycles. The third-order valence-corrected chi connectivity index (χ3v) is 1.94. The lowest BCUT2D eigenvalue weighted by Crippen LogP contribution is -2.16. The molecule has 0 radical (unpaired) electrons. The molecule has 0 aliphatic rings. The van der Waals surface area contributed by atoms with Crippen LogP contribution in [0.1, 0.15) is 0 Å². The number of nitrogens with one attached hydrogen (secondary N) is 2. The molecule has 0 aliphatic carbocycles. The Kier molecular flexibility index (Phi) is 2.25. The lowest BCUT2D eigenvalue weighted by Gasteiger charge is -1.97. The Bertz CT molecular complexity index is 374. The molecular formula is C4H5N5O2S. The summed E-state index contributed by atoms with van der Waals surface area (Å²) in [5.74, 6) is -0.599. The standard InChI is InChI=1S/C4H5N5O2S/c5-1-2-12(10,11)9-4-6-3-7-8-4/h3H,2H2,(H2,6,7,8,9). The Hall–Kier alpha value is -1.62. The normalized spacial score (nSPS) is 10.6. The van der Waals surface area contributed by atoms with Crippen molar-refractivity contribution in [3.63, 3.8) is 0 Å². The maximum atomic E-state index is 10.9. The zero-order chi connectivity index (χ0) is 9.03. The molecule has 1 aromatic rings. The second-order valence-electron chi connectivity index (χ2n) is 1.85. The van der Waals surface area contributed by atoms with Crippen molar-refractivity contribution in [3.05, 3.63) is 6.33 Å². The maximum absolute atomic E-state index is 10.9. The Morgan fingerprint density at radius 1 is 1.75 bits per heavy atom. The Labute approximate surface area is 68.5 Å². The number of nitrogens with zero attached hydrogens (tertiary/aromatic N) is 3. The number of rotatable bonds is 3. The average Bonchev–Trinajstić information content (AvgIpc) is 2.38. The molecule has 7 nitrogen and oxygen atoms in total. The number of anilines is 1. The highest BCUT2D eigenvalue weighted by molar-refractivity contribution is 7.92. The molecule has 0 bridgehead atoms. The second kappa shape index (κ2) is 3.19. The van der Waals surface area contributed by atoms with Crippen molar-refractivity contribution in [2.45, 2.75) is 0 Å². The summed E-state index contributed by atoms with van der Waals surface area (Å²) in [7, 11) is -3.60. The van der Waals surface area contributed by atoms with Crippen LogP contribution in [0.25, 0.3) is 0 Å². The van der Waals surface area contributed by atoms with E-state index in [9.17, 15) is 8.42 Å². The van der Waals surface area contributed by atoms with Crippen LogP contribution in [0.3, 0.4) is 0 Å². The molecule has 8 heteroatoms. The van der Waals surface area contributed by atoms with E-state index in [2.05, 4.69) is 15.2 Å². The van der Waals surface area contributed by atoms with Gasteiger partial charge in [-0.1, -0.05) is 0 Å². The second-order valence-corrected chi connectivity index (χ2v) is 3.58. The number of hydrogen-bond acceptors (Lipinski definition) is 5. The van der Waals surface area contributed by atoms with Gasteiger partial charge in [-0.2, -0.15) is 15.3 Å². The van der Waals surface area contributed by atoms with Gasteiger partial charge in [0.15, 0.2) is 5.75 Å². The summed E-state index contributed by atoms with van der Waals surface area (Å²) in [5, 5.41) is 13.8. The highest BCUT2D eigenvalue weighted by atomic mass is 32.2. The molecule has 0 atom stereocenters.